The zero-order valence-corrected chi connectivity index (χ0v) is 14.9. The largest absolute Gasteiger partial charge is 0.497 e. The van der Waals surface area contributed by atoms with Gasteiger partial charge in [0, 0.05) is 7.05 Å². The summed E-state index contributed by atoms with van der Waals surface area (Å²) in [5.41, 5.74) is 2.15. The SMILES string of the molecule is COc1ccc(C(C)N(C)C(=O)C(C)Oc2cccc(C)c2)cc1. The minimum absolute atomic E-state index is 0.0491. The lowest BCUT2D eigenvalue weighted by atomic mass is 10.1. The number of ether oxygens (including phenoxy) is 2. The van der Waals surface area contributed by atoms with Crippen molar-refractivity contribution in [3.63, 3.8) is 0 Å². The van der Waals surface area contributed by atoms with Crippen molar-refractivity contribution in [3.05, 3.63) is 59.7 Å². The minimum atomic E-state index is -0.544. The van der Waals surface area contributed by atoms with E-state index in [-0.39, 0.29) is 11.9 Å². The van der Waals surface area contributed by atoms with Crippen LogP contribution in [0.15, 0.2) is 48.5 Å². The van der Waals surface area contributed by atoms with Crippen LogP contribution in [0.3, 0.4) is 0 Å². The molecule has 2 aromatic rings. The Kier molecular flexibility index (Phi) is 5.85. The standard InChI is InChI=1S/C20H25NO3/c1-14-7-6-8-19(13-14)24-16(3)20(22)21(4)15(2)17-9-11-18(23-5)12-10-17/h6-13,15-16H,1-5H3. The number of benzene rings is 2. The fourth-order valence-electron chi connectivity index (χ4n) is 2.53. The molecule has 2 rings (SSSR count). The first-order valence-electron chi connectivity index (χ1n) is 8.06. The van der Waals surface area contributed by atoms with Crippen LogP contribution in [0.2, 0.25) is 0 Å². The number of hydrogen-bond donors (Lipinski definition) is 0. The van der Waals surface area contributed by atoms with Gasteiger partial charge in [0.1, 0.15) is 11.5 Å². The van der Waals surface area contributed by atoms with Crippen LogP contribution in [0.5, 0.6) is 11.5 Å². The Morgan fingerprint density at radius 1 is 1.04 bits per heavy atom. The quantitative estimate of drug-likeness (QED) is 0.805. The molecule has 128 valence electrons. The first kappa shape index (κ1) is 17.9. The van der Waals surface area contributed by atoms with Gasteiger partial charge in [-0.15, -0.1) is 0 Å². The Labute approximate surface area is 144 Å². The van der Waals surface area contributed by atoms with E-state index in [9.17, 15) is 4.79 Å². The highest BCUT2D eigenvalue weighted by atomic mass is 16.5. The number of carbonyl (C=O) groups is 1. The van der Waals surface area contributed by atoms with Crippen LogP contribution >= 0.6 is 0 Å². The lowest BCUT2D eigenvalue weighted by molar-refractivity contribution is -0.138. The summed E-state index contributed by atoms with van der Waals surface area (Å²) in [7, 11) is 3.44. The molecule has 1 amide bonds. The molecule has 0 fully saturated rings. The molecule has 4 heteroatoms. The number of carbonyl (C=O) groups excluding carboxylic acids is 1. The highest BCUT2D eigenvalue weighted by Gasteiger charge is 2.24. The molecular formula is C20H25NO3. The summed E-state index contributed by atoms with van der Waals surface area (Å²) in [4.78, 5) is 14.4. The first-order chi connectivity index (χ1) is 11.4. The molecule has 0 heterocycles. The maximum Gasteiger partial charge on any atom is 0.263 e. The average Bonchev–Trinajstić information content (AvgIpc) is 2.59. The highest BCUT2D eigenvalue weighted by Crippen LogP contribution is 2.23. The molecule has 0 aliphatic carbocycles. The molecule has 2 unspecified atom stereocenters. The van der Waals surface area contributed by atoms with Gasteiger partial charge in [0.25, 0.3) is 5.91 Å². The zero-order chi connectivity index (χ0) is 17.7. The smallest absolute Gasteiger partial charge is 0.263 e. The number of methoxy groups -OCH3 is 1. The third-order valence-electron chi connectivity index (χ3n) is 4.18. The summed E-state index contributed by atoms with van der Waals surface area (Å²) in [5, 5.41) is 0. The Hall–Kier alpha value is -2.49. The summed E-state index contributed by atoms with van der Waals surface area (Å²) in [5.74, 6) is 1.46. The van der Waals surface area contributed by atoms with Crippen molar-refractivity contribution in [2.75, 3.05) is 14.2 Å². The molecule has 0 spiro atoms. The van der Waals surface area contributed by atoms with E-state index in [1.165, 1.54) is 0 Å². The molecule has 0 aliphatic rings. The molecule has 0 saturated carbocycles. The molecular weight excluding hydrogens is 302 g/mol. The van der Waals surface area contributed by atoms with E-state index in [0.717, 1.165) is 16.9 Å². The average molecular weight is 327 g/mol. The predicted molar refractivity (Wildman–Crippen MR) is 95.4 cm³/mol. The Bertz CT molecular complexity index is 682. The van der Waals surface area contributed by atoms with E-state index in [1.807, 2.05) is 62.4 Å². The van der Waals surface area contributed by atoms with Gasteiger partial charge in [-0.25, -0.2) is 0 Å². The summed E-state index contributed by atoms with van der Waals surface area (Å²) >= 11 is 0. The van der Waals surface area contributed by atoms with E-state index < -0.39 is 6.10 Å². The van der Waals surface area contributed by atoms with Crippen LogP contribution in [-0.4, -0.2) is 31.1 Å². The van der Waals surface area contributed by atoms with Gasteiger partial charge in [0.15, 0.2) is 6.10 Å². The van der Waals surface area contributed by atoms with Crippen molar-refractivity contribution in [2.45, 2.75) is 32.9 Å². The van der Waals surface area contributed by atoms with E-state index >= 15 is 0 Å². The third-order valence-corrected chi connectivity index (χ3v) is 4.18. The molecule has 0 N–H and O–H groups in total. The molecule has 0 radical (unpaired) electrons. The summed E-state index contributed by atoms with van der Waals surface area (Å²) in [6.45, 7) is 5.78. The lowest BCUT2D eigenvalue weighted by Gasteiger charge is -2.28. The number of rotatable bonds is 6. The Morgan fingerprint density at radius 2 is 1.71 bits per heavy atom. The van der Waals surface area contributed by atoms with Crippen molar-refractivity contribution in [2.24, 2.45) is 0 Å². The number of amides is 1. The number of hydrogen-bond acceptors (Lipinski definition) is 3. The van der Waals surface area contributed by atoms with Gasteiger partial charge in [-0.05, 0) is 56.2 Å². The number of aryl methyl sites for hydroxylation is 1. The molecule has 0 saturated heterocycles. The third kappa shape index (κ3) is 4.28. The molecule has 24 heavy (non-hydrogen) atoms. The highest BCUT2D eigenvalue weighted by molar-refractivity contribution is 5.81. The van der Waals surface area contributed by atoms with Gasteiger partial charge in [-0.1, -0.05) is 24.3 Å². The fourth-order valence-corrected chi connectivity index (χ4v) is 2.53. The normalized spacial score (nSPS) is 13.0. The van der Waals surface area contributed by atoms with E-state index in [4.69, 9.17) is 9.47 Å². The van der Waals surface area contributed by atoms with Crippen molar-refractivity contribution in [3.8, 4) is 11.5 Å². The Balaban J connectivity index is 2.03. The van der Waals surface area contributed by atoms with Gasteiger partial charge in [-0.3, -0.25) is 4.79 Å². The fraction of sp³-hybridized carbons (Fsp3) is 0.350. The van der Waals surface area contributed by atoms with E-state index in [2.05, 4.69) is 0 Å². The van der Waals surface area contributed by atoms with Gasteiger partial charge in [-0.2, -0.15) is 0 Å². The van der Waals surface area contributed by atoms with Crippen molar-refractivity contribution in [1.29, 1.82) is 0 Å². The first-order valence-corrected chi connectivity index (χ1v) is 8.06. The zero-order valence-electron chi connectivity index (χ0n) is 14.9. The molecule has 4 nitrogen and oxygen atoms in total. The molecule has 0 aromatic heterocycles. The maximum absolute atomic E-state index is 12.6. The second-order valence-corrected chi connectivity index (χ2v) is 5.97. The Morgan fingerprint density at radius 3 is 2.29 bits per heavy atom. The van der Waals surface area contributed by atoms with Crippen LogP contribution < -0.4 is 9.47 Å². The lowest BCUT2D eigenvalue weighted by Crippen LogP contribution is -2.39. The van der Waals surface area contributed by atoms with Crippen molar-refractivity contribution in [1.82, 2.24) is 4.90 Å². The maximum atomic E-state index is 12.6. The van der Waals surface area contributed by atoms with Crippen LogP contribution in [0, 0.1) is 6.92 Å². The van der Waals surface area contributed by atoms with Crippen LogP contribution in [-0.2, 0) is 4.79 Å². The number of nitrogens with zero attached hydrogens (tertiary/aromatic N) is 1. The molecule has 0 aliphatic heterocycles. The van der Waals surface area contributed by atoms with Crippen LogP contribution in [0.4, 0.5) is 0 Å². The van der Waals surface area contributed by atoms with E-state index in [1.54, 1.807) is 26.0 Å². The summed E-state index contributed by atoms with van der Waals surface area (Å²) in [6, 6.07) is 15.4. The van der Waals surface area contributed by atoms with Crippen LogP contribution in [0.25, 0.3) is 0 Å². The van der Waals surface area contributed by atoms with Gasteiger partial charge in [0.05, 0.1) is 13.2 Å². The van der Waals surface area contributed by atoms with E-state index in [0.29, 0.717) is 5.75 Å². The van der Waals surface area contributed by atoms with Crippen molar-refractivity contribution < 1.29 is 14.3 Å². The van der Waals surface area contributed by atoms with Gasteiger partial charge >= 0.3 is 0 Å². The second-order valence-electron chi connectivity index (χ2n) is 5.97. The minimum Gasteiger partial charge on any atom is -0.497 e. The van der Waals surface area contributed by atoms with Crippen molar-refractivity contribution >= 4 is 5.91 Å². The summed E-state index contributed by atoms with van der Waals surface area (Å²) < 4.78 is 11.0. The molecule has 2 aromatic carbocycles. The monoisotopic (exact) mass is 327 g/mol. The van der Waals surface area contributed by atoms with Gasteiger partial charge in [0.2, 0.25) is 0 Å². The van der Waals surface area contributed by atoms with Gasteiger partial charge < -0.3 is 14.4 Å². The molecule has 2 atom stereocenters. The topological polar surface area (TPSA) is 38.8 Å². The molecule has 0 bridgehead atoms. The summed E-state index contributed by atoms with van der Waals surface area (Å²) in [6.07, 6.45) is -0.544. The second kappa shape index (κ2) is 7.86. The van der Waals surface area contributed by atoms with Crippen LogP contribution in [0.1, 0.15) is 31.0 Å². The predicted octanol–water partition coefficient (Wildman–Crippen LogP) is 3.99. The number of likely N-dealkylation sites (N-methyl/N-ethyl adjacent to an activating group) is 1.